The highest BCUT2D eigenvalue weighted by Gasteiger charge is 2.09. The Morgan fingerprint density at radius 2 is 1.42 bits per heavy atom. The standard InChI is InChI=1S/C19H12BrN3O/c20-13-6-8-14(9-7-13)21-19(24)12-5-10-17-18(11-12)23-16-4-2-1-3-15(16)22-17/h1-11H,(H,21,24). The largest absolute Gasteiger partial charge is 0.322 e. The van der Waals surface area contributed by atoms with Crippen LogP contribution < -0.4 is 5.32 Å². The van der Waals surface area contributed by atoms with Crippen molar-refractivity contribution in [2.45, 2.75) is 0 Å². The zero-order chi connectivity index (χ0) is 16.5. The second kappa shape index (κ2) is 6.02. The van der Waals surface area contributed by atoms with Gasteiger partial charge in [0.05, 0.1) is 22.1 Å². The highest BCUT2D eigenvalue weighted by molar-refractivity contribution is 9.10. The van der Waals surface area contributed by atoms with Crippen molar-refractivity contribution in [3.05, 3.63) is 76.8 Å². The van der Waals surface area contributed by atoms with Crippen molar-refractivity contribution in [3.63, 3.8) is 0 Å². The molecule has 24 heavy (non-hydrogen) atoms. The fraction of sp³-hybridized carbons (Fsp3) is 0. The second-order valence-corrected chi connectivity index (χ2v) is 6.29. The molecule has 0 spiro atoms. The molecular weight excluding hydrogens is 366 g/mol. The number of carbonyl (C=O) groups is 1. The number of halogens is 1. The van der Waals surface area contributed by atoms with Gasteiger partial charge in [-0.3, -0.25) is 4.79 Å². The first-order valence-corrected chi connectivity index (χ1v) is 8.22. The van der Waals surface area contributed by atoms with E-state index in [9.17, 15) is 4.79 Å². The van der Waals surface area contributed by atoms with Gasteiger partial charge in [0.1, 0.15) is 0 Å². The molecule has 4 rings (SSSR count). The number of hydrogen-bond acceptors (Lipinski definition) is 3. The third kappa shape index (κ3) is 2.86. The SMILES string of the molecule is O=C(Nc1ccc(Br)cc1)c1ccc2nc3ccccc3nc2c1. The first-order chi connectivity index (χ1) is 11.7. The molecule has 0 aliphatic rings. The molecule has 116 valence electrons. The molecule has 0 bridgehead atoms. The molecule has 0 aliphatic heterocycles. The lowest BCUT2D eigenvalue weighted by Gasteiger charge is -2.07. The van der Waals surface area contributed by atoms with Gasteiger partial charge in [0.25, 0.3) is 5.91 Å². The zero-order valence-electron chi connectivity index (χ0n) is 12.5. The summed E-state index contributed by atoms with van der Waals surface area (Å²) in [5, 5.41) is 2.88. The molecule has 0 unspecified atom stereocenters. The molecule has 0 saturated carbocycles. The van der Waals surface area contributed by atoms with Gasteiger partial charge in [0.15, 0.2) is 0 Å². The summed E-state index contributed by atoms with van der Waals surface area (Å²) in [5.74, 6) is -0.172. The van der Waals surface area contributed by atoms with Crippen molar-refractivity contribution in [2.24, 2.45) is 0 Å². The molecule has 3 aromatic carbocycles. The van der Waals surface area contributed by atoms with Gasteiger partial charge in [0.2, 0.25) is 0 Å². The Kier molecular flexibility index (Phi) is 3.70. The van der Waals surface area contributed by atoms with E-state index >= 15 is 0 Å². The monoisotopic (exact) mass is 377 g/mol. The summed E-state index contributed by atoms with van der Waals surface area (Å²) in [4.78, 5) is 21.6. The Morgan fingerprint density at radius 3 is 2.12 bits per heavy atom. The molecule has 1 N–H and O–H groups in total. The normalized spacial score (nSPS) is 10.9. The van der Waals surface area contributed by atoms with Gasteiger partial charge < -0.3 is 5.32 Å². The van der Waals surface area contributed by atoms with Crippen molar-refractivity contribution >= 4 is 49.6 Å². The van der Waals surface area contributed by atoms with Crippen LogP contribution in [0.3, 0.4) is 0 Å². The Hall–Kier alpha value is -2.79. The predicted molar refractivity (Wildman–Crippen MR) is 99.1 cm³/mol. The summed E-state index contributed by atoms with van der Waals surface area (Å²) in [6, 6.07) is 20.5. The predicted octanol–water partition coefficient (Wildman–Crippen LogP) is 4.80. The fourth-order valence-electron chi connectivity index (χ4n) is 2.50. The summed E-state index contributed by atoms with van der Waals surface area (Å²) in [6.07, 6.45) is 0. The van der Waals surface area contributed by atoms with Crippen molar-refractivity contribution < 1.29 is 4.79 Å². The summed E-state index contributed by atoms with van der Waals surface area (Å²) < 4.78 is 0.966. The van der Waals surface area contributed by atoms with E-state index < -0.39 is 0 Å². The molecule has 1 aromatic heterocycles. The Bertz CT molecular complexity index is 1060. The Morgan fingerprint density at radius 1 is 0.792 bits per heavy atom. The average Bonchev–Trinajstić information content (AvgIpc) is 2.61. The molecule has 1 heterocycles. The first-order valence-electron chi connectivity index (χ1n) is 7.42. The van der Waals surface area contributed by atoms with Gasteiger partial charge in [0, 0.05) is 15.7 Å². The minimum absolute atomic E-state index is 0.172. The molecule has 1 amide bonds. The number of hydrogen-bond donors (Lipinski definition) is 1. The maximum atomic E-state index is 12.4. The van der Waals surface area contributed by atoms with E-state index in [4.69, 9.17) is 0 Å². The minimum Gasteiger partial charge on any atom is -0.322 e. The van der Waals surface area contributed by atoms with Gasteiger partial charge in [-0.2, -0.15) is 0 Å². The molecule has 0 radical (unpaired) electrons. The topological polar surface area (TPSA) is 54.9 Å². The van der Waals surface area contributed by atoms with Crippen LogP contribution in [-0.2, 0) is 0 Å². The first kappa shape index (κ1) is 14.8. The molecule has 0 aliphatic carbocycles. The van der Waals surface area contributed by atoms with Crippen molar-refractivity contribution in [1.29, 1.82) is 0 Å². The van der Waals surface area contributed by atoms with Crippen molar-refractivity contribution in [3.8, 4) is 0 Å². The highest BCUT2D eigenvalue weighted by Crippen LogP contribution is 2.19. The summed E-state index contributed by atoms with van der Waals surface area (Å²) >= 11 is 3.38. The highest BCUT2D eigenvalue weighted by atomic mass is 79.9. The van der Waals surface area contributed by atoms with Crippen LogP contribution in [0.2, 0.25) is 0 Å². The summed E-state index contributed by atoms with van der Waals surface area (Å²) in [5.41, 5.74) is 4.43. The van der Waals surface area contributed by atoms with Crippen molar-refractivity contribution in [2.75, 3.05) is 5.32 Å². The van der Waals surface area contributed by atoms with E-state index in [0.717, 1.165) is 26.7 Å². The maximum Gasteiger partial charge on any atom is 0.255 e. The van der Waals surface area contributed by atoms with Crippen LogP contribution in [0.4, 0.5) is 5.69 Å². The second-order valence-electron chi connectivity index (χ2n) is 5.38. The Balaban J connectivity index is 1.69. The lowest BCUT2D eigenvalue weighted by Crippen LogP contribution is -2.11. The van der Waals surface area contributed by atoms with E-state index in [1.54, 1.807) is 12.1 Å². The van der Waals surface area contributed by atoms with Crippen LogP contribution in [-0.4, -0.2) is 15.9 Å². The third-order valence-electron chi connectivity index (χ3n) is 3.70. The van der Waals surface area contributed by atoms with Gasteiger partial charge in [-0.1, -0.05) is 28.1 Å². The molecule has 0 saturated heterocycles. The zero-order valence-corrected chi connectivity index (χ0v) is 14.1. The number of fused-ring (bicyclic) bond motifs is 2. The van der Waals surface area contributed by atoms with E-state index in [1.807, 2.05) is 54.6 Å². The maximum absolute atomic E-state index is 12.4. The van der Waals surface area contributed by atoms with Gasteiger partial charge in [-0.05, 0) is 54.6 Å². The smallest absolute Gasteiger partial charge is 0.255 e. The Labute approximate surface area is 146 Å². The van der Waals surface area contributed by atoms with E-state index in [1.165, 1.54) is 0 Å². The summed E-state index contributed by atoms with van der Waals surface area (Å²) in [6.45, 7) is 0. The van der Waals surface area contributed by atoms with Gasteiger partial charge in [-0.15, -0.1) is 0 Å². The van der Waals surface area contributed by atoms with Crippen LogP contribution in [0.15, 0.2) is 71.2 Å². The van der Waals surface area contributed by atoms with Gasteiger partial charge in [-0.25, -0.2) is 9.97 Å². The van der Waals surface area contributed by atoms with E-state index in [0.29, 0.717) is 11.1 Å². The number of para-hydroxylation sites is 2. The summed E-state index contributed by atoms with van der Waals surface area (Å²) in [7, 11) is 0. The van der Waals surface area contributed by atoms with Crippen LogP contribution in [0.25, 0.3) is 22.1 Å². The van der Waals surface area contributed by atoms with Crippen LogP contribution in [0.5, 0.6) is 0 Å². The van der Waals surface area contributed by atoms with Crippen molar-refractivity contribution in [1.82, 2.24) is 9.97 Å². The number of nitrogens with zero attached hydrogens (tertiary/aromatic N) is 2. The lowest BCUT2D eigenvalue weighted by atomic mass is 10.1. The lowest BCUT2D eigenvalue weighted by molar-refractivity contribution is 0.102. The van der Waals surface area contributed by atoms with Crippen LogP contribution in [0.1, 0.15) is 10.4 Å². The number of benzene rings is 3. The molecular formula is C19H12BrN3O. The number of rotatable bonds is 2. The number of anilines is 1. The van der Waals surface area contributed by atoms with Gasteiger partial charge >= 0.3 is 0 Å². The minimum atomic E-state index is -0.172. The molecule has 0 atom stereocenters. The third-order valence-corrected chi connectivity index (χ3v) is 4.23. The average molecular weight is 378 g/mol. The van der Waals surface area contributed by atoms with Crippen LogP contribution >= 0.6 is 15.9 Å². The fourth-order valence-corrected chi connectivity index (χ4v) is 2.76. The number of aromatic nitrogens is 2. The van der Waals surface area contributed by atoms with Crippen LogP contribution in [0, 0.1) is 0 Å². The number of carbonyl (C=O) groups excluding carboxylic acids is 1. The molecule has 0 fully saturated rings. The van der Waals surface area contributed by atoms with E-state index in [-0.39, 0.29) is 5.91 Å². The number of amides is 1. The quantitative estimate of drug-likeness (QED) is 0.510. The molecule has 4 aromatic rings. The number of nitrogens with one attached hydrogen (secondary N) is 1. The molecule has 5 heteroatoms. The van der Waals surface area contributed by atoms with E-state index in [2.05, 4.69) is 31.2 Å². The molecule has 4 nitrogen and oxygen atoms in total.